The van der Waals surface area contributed by atoms with Gasteiger partial charge in [-0.3, -0.25) is 14.9 Å². The van der Waals surface area contributed by atoms with Crippen LogP contribution in [0.3, 0.4) is 0 Å². The number of nitrogens with two attached hydrogens (primary N) is 1. The van der Waals surface area contributed by atoms with Gasteiger partial charge in [0.1, 0.15) is 0 Å². The molecule has 2 N–H and O–H groups in total. The summed E-state index contributed by atoms with van der Waals surface area (Å²) >= 11 is 0. The number of hydrogen-bond acceptors (Lipinski definition) is 4. The van der Waals surface area contributed by atoms with E-state index in [1.165, 1.54) is 6.07 Å². The van der Waals surface area contributed by atoms with Gasteiger partial charge in [0.15, 0.2) is 0 Å². The van der Waals surface area contributed by atoms with Gasteiger partial charge in [0, 0.05) is 36.3 Å². The maximum Gasteiger partial charge on any atom is 0.273 e. The zero-order chi connectivity index (χ0) is 15.4. The van der Waals surface area contributed by atoms with Crippen LogP contribution < -0.4 is 5.73 Å². The smallest absolute Gasteiger partial charge is 0.273 e. The fraction of sp³-hybridized carbons (Fsp3) is 0.533. The number of carbonyl (C=O) groups excluding carboxylic acids is 1. The Morgan fingerprint density at radius 3 is 2.77 bits per heavy atom. The van der Waals surface area contributed by atoms with Gasteiger partial charge in [-0.2, -0.15) is 0 Å². The van der Waals surface area contributed by atoms with Crippen molar-refractivity contribution in [2.24, 2.45) is 5.73 Å². The average Bonchev–Trinajstić information content (AvgIpc) is 2.53. The van der Waals surface area contributed by atoms with Crippen LogP contribution >= 0.6 is 12.4 Å². The van der Waals surface area contributed by atoms with Crippen molar-refractivity contribution in [2.75, 3.05) is 13.1 Å². The molecule has 1 aliphatic heterocycles. The van der Waals surface area contributed by atoms with Crippen LogP contribution in [0.15, 0.2) is 18.2 Å². The SMILES string of the molecule is CCc1ccc(C(=O)N2CCCCC2CN)cc1[N+](=O)[O-].Cl. The van der Waals surface area contributed by atoms with E-state index in [-0.39, 0.29) is 30.0 Å². The third-order valence-electron chi connectivity index (χ3n) is 4.07. The average molecular weight is 328 g/mol. The van der Waals surface area contributed by atoms with Crippen LogP contribution in [0.2, 0.25) is 0 Å². The summed E-state index contributed by atoms with van der Waals surface area (Å²) in [5.74, 6) is -0.157. The van der Waals surface area contributed by atoms with Crippen molar-refractivity contribution in [2.45, 2.75) is 38.6 Å². The number of halogens is 1. The summed E-state index contributed by atoms with van der Waals surface area (Å²) in [6, 6.07) is 4.78. The van der Waals surface area contributed by atoms with E-state index in [4.69, 9.17) is 5.73 Å². The van der Waals surface area contributed by atoms with Gasteiger partial charge in [0.2, 0.25) is 0 Å². The number of rotatable bonds is 4. The molecule has 0 radical (unpaired) electrons. The molecule has 1 atom stereocenters. The highest BCUT2D eigenvalue weighted by Crippen LogP contribution is 2.24. The molecule has 1 unspecified atom stereocenters. The predicted molar refractivity (Wildman–Crippen MR) is 87.5 cm³/mol. The molecule has 0 saturated carbocycles. The van der Waals surface area contributed by atoms with Crippen molar-refractivity contribution in [1.29, 1.82) is 0 Å². The Balaban J connectivity index is 0.00000242. The lowest BCUT2D eigenvalue weighted by molar-refractivity contribution is -0.385. The Labute approximate surface area is 136 Å². The maximum absolute atomic E-state index is 12.6. The minimum Gasteiger partial charge on any atom is -0.334 e. The molecule has 1 saturated heterocycles. The van der Waals surface area contributed by atoms with E-state index >= 15 is 0 Å². The molecule has 2 rings (SSSR count). The summed E-state index contributed by atoms with van der Waals surface area (Å²) in [7, 11) is 0. The van der Waals surface area contributed by atoms with Crippen molar-refractivity contribution >= 4 is 24.0 Å². The molecule has 1 aromatic rings. The van der Waals surface area contributed by atoms with E-state index in [0.717, 1.165) is 19.3 Å². The minimum absolute atomic E-state index is 0. The number of nitro groups is 1. The second-order valence-electron chi connectivity index (χ2n) is 5.34. The number of likely N-dealkylation sites (tertiary alicyclic amines) is 1. The fourth-order valence-corrected chi connectivity index (χ4v) is 2.84. The Kier molecular flexibility index (Phi) is 6.77. The molecule has 22 heavy (non-hydrogen) atoms. The van der Waals surface area contributed by atoms with Crippen LogP contribution in [-0.2, 0) is 6.42 Å². The molecule has 122 valence electrons. The first-order valence-corrected chi connectivity index (χ1v) is 7.36. The summed E-state index contributed by atoms with van der Waals surface area (Å²) in [5, 5.41) is 11.1. The largest absolute Gasteiger partial charge is 0.334 e. The van der Waals surface area contributed by atoms with Gasteiger partial charge in [-0.15, -0.1) is 12.4 Å². The quantitative estimate of drug-likeness (QED) is 0.679. The first-order valence-electron chi connectivity index (χ1n) is 7.36. The highest BCUT2D eigenvalue weighted by Gasteiger charge is 2.27. The highest BCUT2D eigenvalue weighted by molar-refractivity contribution is 5.95. The van der Waals surface area contributed by atoms with Crippen molar-refractivity contribution in [3.8, 4) is 0 Å². The van der Waals surface area contributed by atoms with E-state index in [2.05, 4.69) is 0 Å². The molecule has 6 nitrogen and oxygen atoms in total. The molecule has 1 fully saturated rings. The summed E-state index contributed by atoms with van der Waals surface area (Å²) in [6.07, 6.45) is 3.50. The molecule has 0 bridgehead atoms. The number of amides is 1. The summed E-state index contributed by atoms with van der Waals surface area (Å²) in [6.45, 7) is 2.96. The third kappa shape index (κ3) is 3.75. The minimum atomic E-state index is -0.424. The molecule has 0 aromatic heterocycles. The number of benzene rings is 1. The Hall–Kier alpha value is -1.66. The fourth-order valence-electron chi connectivity index (χ4n) is 2.84. The number of hydrogen-bond donors (Lipinski definition) is 1. The van der Waals surface area contributed by atoms with Gasteiger partial charge in [-0.1, -0.05) is 13.0 Å². The van der Waals surface area contributed by atoms with E-state index in [1.807, 2.05) is 6.92 Å². The summed E-state index contributed by atoms with van der Waals surface area (Å²) in [5.41, 5.74) is 6.77. The molecule has 0 aliphatic carbocycles. The standard InChI is InChI=1S/C15H21N3O3.ClH/c1-2-11-6-7-12(9-14(11)18(20)21)15(19)17-8-4-3-5-13(17)10-16;/h6-7,9,13H,2-5,8,10,16H2,1H3;1H. The normalized spacial score (nSPS) is 17.7. The zero-order valence-corrected chi connectivity index (χ0v) is 13.5. The van der Waals surface area contributed by atoms with Gasteiger partial charge in [-0.05, 0) is 31.7 Å². The van der Waals surface area contributed by atoms with E-state index in [0.29, 0.717) is 30.6 Å². The van der Waals surface area contributed by atoms with Gasteiger partial charge in [-0.25, -0.2) is 0 Å². The van der Waals surface area contributed by atoms with Crippen LogP contribution in [0.5, 0.6) is 0 Å². The Morgan fingerprint density at radius 1 is 1.45 bits per heavy atom. The van der Waals surface area contributed by atoms with Crippen LogP contribution in [0, 0.1) is 10.1 Å². The molecular weight excluding hydrogens is 306 g/mol. The number of nitrogens with zero attached hydrogens (tertiary/aromatic N) is 2. The van der Waals surface area contributed by atoms with Crippen LogP contribution in [0.25, 0.3) is 0 Å². The van der Waals surface area contributed by atoms with Crippen LogP contribution in [-0.4, -0.2) is 34.9 Å². The second kappa shape index (κ2) is 8.10. The topological polar surface area (TPSA) is 89.5 Å². The van der Waals surface area contributed by atoms with Gasteiger partial charge in [0.25, 0.3) is 11.6 Å². The van der Waals surface area contributed by atoms with Crippen molar-refractivity contribution in [3.05, 3.63) is 39.4 Å². The van der Waals surface area contributed by atoms with Gasteiger partial charge < -0.3 is 10.6 Å². The lowest BCUT2D eigenvalue weighted by atomic mass is 10.00. The van der Waals surface area contributed by atoms with Crippen LogP contribution in [0.1, 0.15) is 42.1 Å². The zero-order valence-electron chi connectivity index (χ0n) is 12.7. The molecule has 7 heteroatoms. The Bertz CT molecular complexity index is 551. The molecule has 1 amide bonds. The first-order chi connectivity index (χ1) is 10.1. The predicted octanol–water partition coefficient (Wildman–Crippen LogP) is 2.53. The maximum atomic E-state index is 12.6. The Morgan fingerprint density at radius 2 is 2.18 bits per heavy atom. The number of aryl methyl sites for hydroxylation is 1. The van der Waals surface area contributed by atoms with E-state index in [9.17, 15) is 14.9 Å². The number of nitro benzene ring substituents is 1. The lowest BCUT2D eigenvalue weighted by Crippen LogP contribution is -2.47. The van der Waals surface area contributed by atoms with Gasteiger partial charge >= 0.3 is 0 Å². The molecule has 1 aliphatic rings. The highest BCUT2D eigenvalue weighted by atomic mass is 35.5. The van der Waals surface area contributed by atoms with Crippen molar-refractivity contribution in [3.63, 3.8) is 0 Å². The first kappa shape index (κ1) is 18.4. The van der Waals surface area contributed by atoms with E-state index in [1.54, 1.807) is 17.0 Å². The number of piperidine rings is 1. The van der Waals surface area contributed by atoms with Crippen molar-refractivity contribution in [1.82, 2.24) is 4.90 Å². The number of carbonyl (C=O) groups is 1. The van der Waals surface area contributed by atoms with Gasteiger partial charge in [0.05, 0.1) is 4.92 Å². The monoisotopic (exact) mass is 327 g/mol. The molecular formula is C15H22ClN3O3. The molecule has 0 spiro atoms. The lowest BCUT2D eigenvalue weighted by Gasteiger charge is -2.35. The second-order valence-corrected chi connectivity index (χ2v) is 5.34. The molecule has 1 aromatic carbocycles. The third-order valence-corrected chi connectivity index (χ3v) is 4.07. The summed E-state index contributed by atoms with van der Waals surface area (Å²) < 4.78 is 0. The summed E-state index contributed by atoms with van der Waals surface area (Å²) in [4.78, 5) is 25.0. The van der Waals surface area contributed by atoms with Crippen molar-refractivity contribution < 1.29 is 9.72 Å². The van der Waals surface area contributed by atoms with Crippen LogP contribution in [0.4, 0.5) is 5.69 Å². The molecule has 1 heterocycles. The van der Waals surface area contributed by atoms with E-state index < -0.39 is 4.92 Å².